The van der Waals surface area contributed by atoms with Crippen molar-refractivity contribution in [1.29, 1.82) is 0 Å². The molecule has 0 bridgehead atoms. The van der Waals surface area contributed by atoms with Crippen molar-refractivity contribution in [3.63, 3.8) is 0 Å². The van der Waals surface area contributed by atoms with E-state index in [1.165, 1.54) is 6.33 Å². The first-order chi connectivity index (χ1) is 14.2. The molecule has 1 heterocycles. The molecule has 0 spiro atoms. The molecule has 3 aromatic rings. The number of methoxy groups -OCH3 is 1. The molecule has 0 aliphatic heterocycles. The van der Waals surface area contributed by atoms with Crippen molar-refractivity contribution >= 4 is 23.1 Å². The predicted molar refractivity (Wildman–Crippen MR) is 114 cm³/mol. The summed E-state index contributed by atoms with van der Waals surface area (Å²) in [6, 6.07) is 17.3. The van der Waals surface area contributed by atoms with Gasteiger partial charge in [-0.05, 0) is 49.2 Å². The van der Waals surface area contributed by atoms with Gasteiger partial charge in [-0.25, -0.2) is 9.97 Å². The minimum absolute atomic E-state index is 0.125. The Morgan fingerprint density at radius 3 is 2.48 bits per heavy atom. The van der Waals surface area contributed by atoms with E-state index in [4.69, 9.17) is 4.74 Å². The fraction of sp³-hybridized carbons (Fsp3) is 0.261. The third kappa shape index (κ3) is 4.54. The Labute approximate surface area is 170 Å². The van der Waals surface area contributed by atoms with Crippen molar-refractivity contribution in [1.82, 2.24) is 9.97 Å². The van der Waals surface area contributed by atoms with Crippen molar-refractivity contribution in [2.75, 3.05) is 17.7 Å². The second-order valence-electron chi connectivity index (χ2n) is 7.16. The Morgan fingerprint density at radius 1 is 1.00 bits per heavy atom. The molecule has 0 saturated heterocycles. The van der Waals surface area contributed by atoms with Crippen molar-refractivity contribution in [2.45, 2.75) is 25.7 Å². The number of benzene rings is 2. The zero-order chi connectivity index (χ0) is 20.1. The quantitative estimate of drug-likeness (QED) is 0.620. The molecule has 2 N–H and O–H groups in total. The highest BCUT2D eigenvalue weighted by Gasteiger charge is 2.22. The van der Waals surface area contributed by atoms with Crippen LogP contribution in [0.1, 0.15) is 25.7 Å². The van der Waals surface area contributed by atoms with Gasteiger partial charge in [0.05, 0.1) is 12.8 Å². The first kappa shape index (κ1) is 18.9. The van der Waals surface area contributed by atoms with Gasteiger partial charge in [0, 0.05) is 28.9 Å². The van der Waals surface area contributed by atoms with Crippen LogP contribution in [-0.2, 0) is 4.79 Å². The summed E-state index contributed by atoms with van der Waals surface area (Å²) >= 11 is 0. The van der Waals surface area contributed by atoms with Crippen LogP contribution in [0.5, 0.6) is 5.75 Å². The first-order valence-electron chi connectivity index (χ1n) is 9.86. The lowest BCUT2D eigenvalue weighted by molar-refractivity contribution is -0.119. The molecule has 1 aromatic heterocycles. The normalized spacial score (nSPS) is 13.8. The van der Waals surface area contributed by atoms with Crippen LogP contribution in [0, 0.1) is 5.92 Å². The largest absolute Gasteiger partial charge is 0.496 e. The molecule has 6 heteroatoms. The number of amides is 1. The third-order valence-corrected chi connectivity index (χ3v) is 5.20. The summed E-state index contributed by atoms with van der Waals surface area (Å²) in [5.74, 6) is 1.73. The average molecular weight is 388 g/mol. The van der Waals surface area contributed by atoms with E-state index < -0.39 is 0 Å². The maximum atomic E-state index is 12.3. The van der Waals surface area contributed by atoms with Gasteiger partial charge in [0.25, 0.3) is 0 Å². The molecular formula is C23H24N4O2. The topological polar surface area (TPSA) is 76.1 Å². The highest BCUT2D eigenvalue weighted by Crippen LogP contribution is 2.30. The first-order valence-corrected chi connectivity index (χ1v) is 9.86. The van der Waals surface area contributed by atoms with Crippen molar-refractivity contribution in [3.05, 3.63) is 60.9 Å². The number of para-hydroxylation sites is 1. The number of carbonyl (C=O) groups excluding carboxylic acids is 1. The zero-order valence-electron chi connectivity index (χ0n) is 16.4. The van der Waals surface area contributed by atoms with Crippen LogP contribution in [0.25, 0.3) is 11.3 Å². The van der Waals surface area contributed by atoms with Crippen LogP contribution in [0.3, 0.4) is 0 Å². The number of nitrogens with one attached hydrogen (secondary N) is 2. The number of hydrogen-bond acceptors (Lipinski definition) is 5. The number of aromatic nitrogens is 2. The van der Waals surface area contributed by atoms with E-state index in [1.807, 2.05) is 54.6 Å². The van der Waals surface area contributed by atoms with Crippen LogP contribution < -0.4 is 15.4 Å². The van der Waals surface area contributed by atoms with Crippen LogP contribution in [-0.4, -0.2) is 23.0 Å². The van der Waals surface area contributed by atoms with E-state index in [9.17, 15) is 4.79 Å². The molecule has 1 aliphatic carbocycles. The van der Waals surface area contributed by atoms with Gasteiger partial charge in [0.1, 0.15) is 17.9 Å². The van der Waals surface area contributed by atoms with Crippen molar-refractivity contribution in [3.8, 4) is 17.0 Å². The van der Waals surface area contributed by atoms with Gasteiger partial charge in [-0.1, -0.05) is 25.0 Å². The lowest BCUT2D eigenvalue weighted by atomic mass is 10.1. The fourth-order valence-corrected chi connectivity index (χ4v) is 3.65. The molecule has 1 aliphatic rings. The summed E-state index contributed by atoms with van der Waals surface area (Å²) in [6.45, 7) is 0. The van der Waals surface area contributed by atoms with Gasteiger partial charge < -0.3 is 15.4 Å². The second-order valence-corrected chi connectivity index (χ2v) is 7.16. The van der Waals surface area contributed by atoms with E-state index in [0.29, 0.717) is 5.82 Å². The summed E-state index contributed by atoms with van der Waals surface area (Å²) in [4.78, 5) is 20.9. The highest BCUT2D eigenvalue weighted by atomic mass is 16.5. The minimum atomic E-state index is 0.125. The summed E-state index contributed by atoms with van der Waals surface area (Å²) in [5, 5.41) is 6.29. The van der Waals surface area contributed by atoms with Crippen molar-refractivity contribution < 1.29 is 9.53 Å². The Balaban J connectivity index is 1.45. The van der Waals surface area contributed by atoms with Gasteiger partial charge in [-0.3, -0.25) is 4.79 Å². The molecule has 1 fully saturated rings. The molecule has 0 atom stereocenters. The van der Waals surface area contributed by atoms with Crippen LogP contribution in [0.4, 0.5) is 17.2 Å². The Morgan fingerprint density at radius 2 is 1.72 bits per heavy atom. The van der Waals surface area contributed by atoms with Gasteiger partial charge in [-0.15, -0.1) is 0 Å². The molecule has 148 valence electrons. The summed E-state index contributed by atoms with van der Waals surface area (Å²) in [6.07, 6.45) is 5.81. The minimum Gasteiger partial charge on any atom is -0.496 e. The molecule has 0 radical (unpaired) electrons. The number of rotatable bonds is 6. The number of carbonyl (C=O) groups is 1. The Bertz CT molecular complexity index is 982. The monoisotopic (exact) mass is 388 g/mol. The number of hydrogen-bond donors (Lipinski definition) is 2. The molecule has 1 amide bonds. The van der Waals surface area contributed by atoms with E-state index in [0.717, 1.165) is 54.1 Å². The molecule has 4 rings (SSSR count). The second kappa shape index (κ2) is 8.73. The summed E-state index contributed by atoms with van der Waals surface area (Å²) < 4.78 is 5.42. The number of anilines is 3. The van der Waals surface area contributed by atoms with Crippen LogP contribution >= 0.6 is 0 Å². The van der Waals surface area contributed by atoms with E-state index >= 15 is 0 Å². The summed E-state index contributed by atoms with van der Waals surface area (Å²) in [5.41, 5.74) is 3.38. The standard InChI is InChI=1S/C23H24N4O2/c1-29-21-9-5-4-8-19(21)20-14-22(25-15-24-20)26-17-10-12-18(13-11-17)27-23(28)16-6-2-3-7-16/h4-5,8-16H,2-3,6-7H2,1H3,(H,27,28)(H,24,25,26). The maximum absolute atomic E-state index is 12.3. The number of nitrogens with zero attached hydrogens (tertiary/aromatic N) is 2. The van der Waals surface area contributed by atoms with Crippen LogP contribution in [0.2, 0.25) is 0 Å². The number of ether oxygens (including phenoxy) is 1. The molecular weight excluding hydrogens is 364 g/mol. The molecule has 1 saturated carbocycles. The highest BCUT2D eigenvalue weighted by molar-refractivity contribution is 5.92. The lowest BCUT2D eigenvalue weighted by Crippen LogP contribution is -2.20. The van der Waals surface area contributed by atoms with Crippen molar-refractivity contribution in [2.24, 2.45) is 5.92 Å². The summed E-state index contributed by atoms with van der Waals surface area (Å²) in [7, 11) is 1.65. The molecule has 0 unspecified atom stereocenters. The lowest BCUT2D eigenvalue weighted by Gasteiger charge is -2.12. The smallest absolute Gasteiger partial charge is 0.227 e. The SMILES string of the molecule is COc1ccccc1-c1cc(Nc2ccc(NC(=O)C3CCCC3)cc2)ncn1. The van der Waals surface area contributed by atoms with E-state index in [1.54, 1.807) is 7.11 Å². The molecule has 2 aromatic carbocycles. The Kier molecular flexibility index (Phi) is 5.70. The van der Waals surface area contributed by atoms with Gasteiger partial charge in [-0.2, -0.15) is 0 Å². The van der Waals surface area contributed by atoms with Gasteiger partial charge in [0.15, 0.2) is 0 Å². The fourth-order valence-electron chi connectivity index (χ4n) is 3.65. The average Bonchev–Trinajstić information content (AvgIpc) is 3.30. The molecule has 6 nitrogen and oxygen atoms in total. The van der Waals surface area contributed by atoms with E-state index in [2.05, 4.69) is 20.6 Å². The van der Waals surface area contributed by atoms with Crippen LogP contribution in [0.15, 0.2) is 60.9 Å². The van der Waals surface area contributed by atoms with Gasteiger partial charge in [0.2, 0.25) is 5.91 Å². The predicted octanol–water partition coefficient (Wildman–Crippen LogP) is 5.02. The van der Waals surface area contributed by atoms with Gasteiger partial charge >= 0.3 is 0 Å². The maximum Gasteiger partial charge on any atom is 0.227 e. The molecule has 29 heavy (non-hydrogen) atoms. The third-order valence-electron chi connectivity index (χ3n) is 5.20. The zero-order valence-corrected chi connectivity index (χ0v) is 16.4. The van der Waals surface area contributed by atoms with E-state index in [-0.39, 0.29) is 11.8 Å². The Hall–Kier alpha value is -3.41.